The van der Waals surface area contributed by atoms with Gasteiger partial charge in [0.2, 0.25) is 5.91 Å². The van der Waals surface area contributed by atoms with E-state index in [1.165, 1.54) is 15.9 Å². The summed E-state index contributed by atoms with van der Waals surface area (Å²) in [6, 6.07) is 8.84. The molecule has 1 aliphatic rings. The van der Waals surface area contributed by atoms with E-state index in [-0.39, 0.29) is 23.6 Å². The molecule has 1 aliphatic heterocycles. The van der Waals surface area contributed by atoms with Gasteiger partial charge in [0, 0.05) is 28.1 Å². The van der Waals surface area contributed by atoms with Crippen LogP contribution in [0.4, 0.5) is 5.69 Å². The zero-order valence-electron chi connectivity index (χ0n) is 17.9. The van der Waals surface area contributed by atoms with E-state index >= 15 is 0 Å². The molecule has 32 heavy (non-hydrogen) atoms. The molecule has 4 heterocycles. The molecule has 0 unspecified atom stereocenters. The fourth-order valence-corrected chi connectivity index (χ4v) is 5.10. The average molecular weight is 469 g/mol. The molecule has 0 saturated heterocycles. The number of anilines is 1. The molecule has 0 atom stereocenters. The van der Waals surface area contributed by atoms with Crippen molar-refractivity contribution >= 4 is 55.0 Å². The molecule has 1 aromatic carbocycles. The maximum absolute atomic E-state index is 13.3. The standard InChI is InChI=1S/C23H21ClN4O3S/c1-12-25-19-16-8-13-11-31-23(2,3)9-17(13)27-21(16)32-20(19)22(30)28(12)10-18(29)26-15-6-4-14(24)5-7-15/h4-8H,9-11H2,1-3H3,(H,26,29). The lowest BCUT2D eigenvalue weighted by Gasteiger charge is -2.30. The number of aryl methyl sites for hydroxylation is 1. The maximum Gasteiger partial charge on any atom is 0.272 e. The molecule has 0 spiro atoms. The van der Waals surface area contributed by atoms with Crippen molar-refractivity contribution in [1.29, 1.82) is 0 Å². The summed E-state index contributed by atoms with van der Waals surface area (Å²) in [5.41, 5.74) is 2.77. The summed E-state index contributed by atoms with van der Waals surface area (Å²) in [6.45, 7) is 6.19. The number of amides is 1. The molecular formula is C23H21ClN4O3S. The van der Waals surface area contributed by atoms with Crippen molar-refractivity contribution in [1.82, 2.24) is 14.5 Å². The average Bonchev–Trinajstić information content (AvgIpc) is 3.08. The number of aromatic nitrogens is 3. The zero-order valence-corrected chi connectivity index (χ0v) is 19.4. The van der Waals surface area contributed by atoms with Crippen molar-refractivity contribution < 1.29 is 9.53 Å². The van der Waals surface area contributed by atoms with Crippen LogP contribution in [0.3, 0.4) is 0 Å². The molecule has 4 aromatic rings. The summed E-state index contributed by atoms with van der Waals surface area (Å²) in [7, 11) is 0. The fraction of sp³-hybridized carbons (Fsp3) is 0.304. The number of hydrogen-bond donors (Lipinski definition) is 1. The van der Waals surface area contributed by atoms with E-state index in [1.54, 1.807) is 31.2 Å². The van der Waals surface area contributed by atoms with Gasteiger partial charge in [0.05, 0.1) is 23.4 Å². The van der Waals surface area contributed by atoms with E-state index in [2.05, 4.69) is 10.3 Å². The van der Waals surface area contributed by atoms with Crippen molar-refractivity contribution in [3.05, 3.63) is 62.8 Å². The van der Waals surface area contributed by atoms with Crippen LogP contribution in [0, 0.1) is 6.92 Å². The van der Waals surface area contributed by atoms with Gasteiger partial charge in [-0.15, -0.1) is 11.3 Å². The molecular weight excluding hydrogens is 448 g/mol. The summed E-state index contributed by atoms with van der Waals surface area (Å²) in [5.74, 6) is 0.163. The second-order valence-electron chi connectivity index (χ2n) is 8.56. The Balaban J connectivity index is 1.52. The van der Waals surface area contributed by atoms with Crippen LogP contribution in [0.1, 0.15) is 30.9 Å². The Morgan fingerprint density at radius 3 is 2.78 bits per heavy atom. The van der Waals surface area contributed by atoms with Crippen molar-refractivity contribution in [2.24, 2.45) is 0 Å². The molecule has 1 amide bonds. The topological polar surface area (TPSA) is 86.1 Å². The van der Waals surface area contributed by atoms with Gasteiger partial charge < -0.3 is 10.1 Å². The number of rotatable bonds is 3. The number of carbonyl (C=O) groups excluding carboxylic acids is 1. The molecule has 164 valence electrons. The third kappa shape index (κ3) is 3.79. The van der Waals surface area contributed by atoms with E-state index in [4.69, 9.17) is 21.3 Å². The normalized spacial score (nSPS) is 15.1. The van der Waals surface area contributed by atoms with E-state index in [1.807, 2.05) is 19.9 Å². The van der Waals surface area contributed by atoms with E-state index in [9.17, 15) is 9.59 Å². The Bertz CT molecular complexity index is 1440. The smallest absolute Gasteiger partial charge is 0.272 e. The van der Waals surface area contributed by atoms with Crippen LogP contribution in [-0.2, 0) is 29.1 Å². The molecule has 0 aliphatic carbocycles. The maximum atomic E-state index is 13.3. The van der Waals surface area contributed by atoms with Gasteiger partial charge >= 0.3 is 0 Å². The summed E-state index contributed by atoms with van der Waals surface area (Å²) in [5, 5.41) is 4.22. The van der Waals surface area contributed by atoms with Crippen LogP contribution in [0.25, 0.3) is 20.4 Å². The minimum atomic E-state index is -0.312. The largest absolute Gasteiger partial charge is 0.370 e. The van der Waals surface area contributed by atoms with Crippen molar-refractivity contribution in [2.75, 3.05) is 5.32 Å². The summed E-state index contributed by atoms with van der Waals surface area (Å²) < 4.78 is 7.82. The minimum absolute atomic E-state index is 0.129. The number of carbonyl (C=O) groups is 1. The van der Waals surface area contributed by atoms with Gasteiger partial charge in [-0.3, -0.25) is 14.2 Å². The molecule has 7 nitrogen and oxygen atoms in total. The van der Waals surface area contributed by atoms with E-state index in [0.29, 0.717) is 39.8 Å². The predicted octanol–water partition coefficient (Wildman–Crippen LogP) is 4.46. The van der Waals surface area contributed by atoms with E-state index < -0.39 is 0 Å². The number of halogens is 1. The highest BCUT2D eigenvalue weighted by Crippen LogP contribution is 2.34. The molecule has 9 heteroatoms. The molecule has 5 rings (SSSR count). The van der Waals surface area contributed by atoms with Crippen LogP contribution in [-0.4, -0.2) is 26.0 Å². The number of fused-ring (bicyclic) bond motifs is 4. The Kier molecular flexibility index (Phi) is 5.03. The molecule has 3 aromatic heterocycles. The lowest BCUT2D eigenvalue weighted by molar-refractivity contribution is -0.116. The highest BCUT2D eigenvalue weighted by atomic mass is 35.5. The Hall–Kier alpha value is -2.81. The first-order valence-corrected chi connectivity index (χ1v) is 11.4. The van der Waals surface area contributed by atoms with Gasteiger partial charge in [0.1, 0.15) is 21.9 Å². The number of nitrogens with zero attached hydrogens (tertiary/aromatic N) is 3. The van der Waals surface area contributed by atoms with Crippen molar-refractivity contribution in [3.63, 3.8) is 0 Å². The lowest BCUT2D eigenvalue weighted by atomic mass is 9.95. The highest BCUT2D eigenvalue weighted by Gasteiger charge is 2.28. The SMILES string of the molecule is Cc1nc2c(sc3nc4c(cc32)COC(C)(C)C4)c(=O)n1CC(=O)Nc1ccc(Cl)cc1. The van der Waals surface area contributed by atoms with Gasteiger partial charge in [-0.1, -0.05) is 11.6 Å². The first-order valence-electron chi connectivity index (χ1n) is 10.2. The summed E-state index contributed by atoms with van der Waals surface area (Å²) >= 11 is 7.21. The zero-order chi connectivity index (χ0) is 22.6. The van der Waals surface area contributed by atoms with Crippen LogP contribution in [0.5, 0.6) is 0 Å². The molecule has 0 bridgehead atoms. The third-order valence-electron chi connectivity index (χ3n) is 5.57. The highest BCUT2D eigenvalue weighted by molar-refractivity contribution is 7.25. The predicted molar refractivity (Wildman–Crippen MR) is 127 cm³/mol. The monoisotopic (exact) mass is 468 g/mol. The summed E-state index contributed by atoms with van der Waals surface area (Å²) in [6.07, 6.45) is 0.716. The summed E-state index contributed by atoms with van der Waals surface area (Å²) in [4.78, 5) is 36.1. The third-order valence-corrected chi connectivity index (χ3v) is 6.90. The first-order chi connectivity index (χ1) is 15.2. The number of ether oxygens (including phenoxy) is 1. The number of nitrogens with one attached hydrogen (secondary N) is 1. The minimum Gasteiger partial charge on any atom is -0.370 e. The van der Waals surface area contributed by atoms with Gasteiger partial charge in [-0.05, 0) is 51.1 Å². The van der Waals surface area contributed by atoms with Gasteiger partial charge in [-0.2, -0.15) is 0 Å². The van der Waals surface area contributed by atoms with Crippen molar-refractivity contribution in [2.45, 2.75) is 45.9 Å². The molecule has 0 fully saturated rings. The lowest BCUT2D eigenvalue weighted by Crippen LogP contribution is -2.32. The van der Waals surface area contributed by atoms with Crippen LogP contribution < -0.4 is 10.9 Å². The Morgan fingerprint density at radius 1 is 1.28 bits per heavy atom. The van der Waals surface area contributed by atoms with Crippen LogP contribution in [0.2, 0.25) is 5.02 Å². The van der Waals surface area contributed by atoms with Crippen LogP contribution >= 0.6 is 22.9 Å². The van der Waals surface area contributed by atoms with Crippen molar-refractivity contribution in [3.8, 4) is 0 Å². The molecule has 1 N–H and O–H groups in total. The number of benzene rings is 1. The van der Waals surface area contributed by atoms with Gasteiger partial charge in [0.25, 0.3) is 5.56 Å². The number of hydrogen-bond acceptors (Lipinski definition) is 6. The van der Waals surface area contributed by atoms with E-state index in [0.717, 1.165) is 21.5 Å². The Morgan fingerprint density at radius 2 is 2.03 bits per heavy atom. The fourth-order valence-electron chi connectivity index (χ4n) is 3.91. The first kappa shape index (κ1) is 21.1. The second-order valence-corrected chi connectivity index (χ2v) is 9.99. The second kappa shape index (κ2) is 7.65. The van der Waals surface area contributed by atoms with Crippen LogP contribution in [0.15, 0.2) is 35.1 Å². The molecule has 0 saturated carbocycles. The number of thiophene rings is 1. The van der Waals surface area contributed by atoms with Gasteiger partial charge in [-0.25, -0.2) is 9.97 Å². The quantitative estimate of drug-likeness (QED) is 0.479. The Labute approximate surface area is 193 Å². The number of pyridine rings is 1. The van der Waals surface area contributed by atoms with Gasteiger partial charge in [0.15, 0.2) is 0 Å². The molecule has 0 radical (unpaired) electrons.